The first-order chi connectivity index (χ1) is 18.0. The van der Waals surface area contributed by atoms with E-state index in [0.29, 0.717) is 17.7 Å². The molecule has 39 heavy (non-hydrogen) atoms. The summed E-state index contributed by atoms with van der Waals surface area (Å²) in [6.45, 7) is 0.595. The monoisotopic (exact) mass is 578 g/mol. The molecular weight excluding hydrogens is 559 g/mol. The number of ether oxygens (including phenoxy) is 2. The number of morpholine rings is 1. The first-order valence-corrected chi connectivity index (χ1v) is 12.9. The van der Waals surface area contributed by atoms with Crippen molar-refractivity contribution in [1.29, 1.82) is 0 Å². The number of halogens is 5. The summed E-state index contributed by atoms with van der Waals surface area (Å²) in [5.74, 6) is -3.49. The highest BCUT2D eigenvalue weighted by atomic mass is 32.5. The molecule has 2 atom stereocenters. The van der Waals surface area contributed by atoms with Crippen molar-refractivity contribution in [3.8, 4) is 11.4 Å². The van der Waals surface area contributed by atoms with E-state index in [9.17, 15) is 38.6 Å². The van der Waals surface area contributed by atoms with Crippen LogP contribution in [0.2, 0.25) is 0 Å². The number of aromatic amines is 1. The second kappa shape index (κ2) is 9.19. The van der Waals surface area contributed by atoms with Gasteiger partial charge in [-0.15, -0.1) is 0 Å². The van der Waals surface area contributed by atoms with E-state index in [1.807, 2.05) is 0 Å². The Morgan fingerprint density at radius 2 is 1.72 bits per heavy atom. The van der Waals surface area contributed by atoms with Crippen molar-refractivity contribution in [3.63, 3.8) is 0 Å². The van der Waals surface area contributed by atoms with Crippen molar-refractivity contribution in [3.05, 3.63) is 59.1 Å². The zero-order valence-corrected chi connectivity index (χ0v) is 20.6. The Bertz CT molecular complexity index is 1480. The fraction of sp³-hybridized carbons (Fsp3) is 0.227. The second-order valence-electron chi connectivity index (χ2n) is 8.28. The van der Waals surface area contributed by atoms with Gasteiger partial charge in [-0.05, 0) is 48.5 Å². The largest absolute Gasteiger partial charge is 0.449 e. The summed E-state index contributed by atoms with van der Waals surface area (Å²) in [6.07, 6.45) is -3.51. The molecule has 1 aliphatic rings. The molecule has 1 aromatic heterocycles. The molecule has 1 unspecified atom stereocenters. The lowest BCUT2D eigenvalue weighted by atomic mass is 10.1. The average molecular weight is 578 g/mol. The van der Waals surface area contributed by atoms with Crippen LogP contribution in [-0.4, -0.2) is 53.3 Å². The van der Waals surface area contributed by atoms with E-state index in [-0.39, 0.29) is 42.5 Å². The third kappa shape index (κ3) is 6.43. The van der Waals surface area contributed by atoms with E-state index < -0.39 is 50.9 Å². The van der Waals surface area contributed by atoms with E-state index in [0.717, 1.165) is 11.8 Å². The van der Waals surface area contributed by atoms with Gasteiger partial charge >= 0.3 is 21.9 Å². The van der Waals surface area contributed by atoms with Gasteiger partial charge in [0.05, 0.1) is 6.61 Å². The minimum atomic E-state index is -9.92. The van der Waals surface area contributed by atoms with Gasteiger partial charge in [-0.3, -0.25) is 23.9 Å². The number of hydrogen-bond acceptors (Lipinski definition) is 8. The lowest BCUT2D eigenvalue weighted by Gasteiger charge is -2.41. The van der Waals surface area contributed by atoms with Gasteiger partial charge in [-0.25, -0.2) is 4.79 Å². The Balaban J connectivity index is 1.53. The number of aromatic nitrogens is 2. The predicted molar refractivity (Wildman–Crippen MR) is 127 cm³/mol. The minimum Gasteiger partial charge on any atom is -0.449 e. The Kier molecular flexibility index (Phi) is 6.55. The van der Waals surface area contributed by atoms with Crippen LogP contribution in [-0.2, 0) is 23.9 Å². The van der Waals surface area contributed by atoms with Crippen LogP contribution in [0.15, 0.2) is 62.7 Å². The van der Waals surface area contributed by atoms with Gasteiger partial charge in [0.2, 0.25) is 6.10 Å². The number of nitrogens with one attached hydrogen (secondary N) is 2. The average Bonchev–Trinajstić information content (AvgIpc) is 3.28. The van der Waals surface area contributed by atoms with Crippen LogP contribution in [0.4, 0.5) is 30.8 Å². The Morgan fingerprint density at radius 1 is 1.08 bits per heavy atom. The lowest BCUT2D eigenvalue weighted by Crippen LogP contribution is -2.56. The van der Waals surface area contributed by atoms with Crippen molar-refractivity contribution in [2.45, 2.75) is 24.0 Å². The predicted octanol–water partition coefficient (Wildman–Crippen LogP) is 3.99. The third-order valence-corrected chi connectivity index (χ3v) is 6.57. The first kappa shape index (κ1) is 27.8. The van der Waals surface area contributed by atoms with Crippen molar-refractivity contribution < 1.29 is 47.8 Å². The molecule has 210 valence electrons. The summed E-state index contributed by atoms with van der Waals surface area (Å²) in [6, 6.07) is 7.49. The van der Waals surface area contributed by atoms with Crippen molar-refractivity contribution in [2.24, 2.45) is 0 Å². The molecule has 3 aromatic rings. The maximum atomic E-state index is 13.1. The summed E-state index contributed by atoms with van der Waals surface area (Å²) < 4.78 is 80.1. The van der Waals surface area contributed by atoms with E-state index in [4.69, 9.17) is 9.47 Å². The zero-order valence-electron chi connectivity index (χ0n) is 19.7. The Morgan fingerprint density at radius 3 is 2.26 bits per heavy atom. The summed E-state index contributed by atoms with van der Waals surface area (Å²) in [4.78, 5) is 50.1. The molecule has 2 N–H and O–H groups in total. The van der Waals surface area contributed by atoms with Crippen LogP contribution in [0.5, 0.6) is 0 Å². The van der Waals surface area contributed by atoms with Gasteiger partial charge in [0.1, 0.15) is 4.90 Å². The number of H-pyrrole nitrogens is 1. The summed E-state index contributed by atoms with van der Waals surface area (Å²) in [5.41, 5.74) is 0.466. The number of anilines is 2. The number of carbonyl (C=O) groups excluding carboxylic acids is 3. The smallest absolute Gasteiger partial charge is 0.439 e. The fourth-order valence-electron chi connectivity index (χ4n) is 3.67. The number of esters is 1. The highest BCUT2D eigenvalue weighted by Crippen LogP contribution is 3.02. The van der Waals surface area contributed by atoms with Crippen LogP contribution in [0.25, 0.3) is 11.4 Å². The van der Waals surface area contributed by atoms with E-state index in [1.54, 1.807) is 0 Å². The summed E-state index contributed by atoms with van der Waals surface area (Å²) in [5, 5.41) is 5.97. The van der Waals surface area contributed by atoms with Crippen molar-refractivity contribution >= 4 is 39.4 Å². The van der Waals surface area contributed by atoms with Crippen LogP contribution in [0.1, 0.15) is 6.92 Å². The van der Waals surface area contributed by atoms with E-state index >= 15 is 0 Å². The fourth-order valence-corrected chi connectivity index (χ4v) is 4.32. The molecule has 1 fully saturated rings. The standard InChI is InChI=1S/C22H19F5N4O7S/c1-12(32)37-17(20(33)28-14-4-2-13(3-5-14)19-29-22(35)38-30-19)18-21(34)31(10-11-36-18)15-6-8-16(9-7-15)39(23,24,25,26)27/h2-9,17-18H,10-11H2,1H3,(H,28,33)(H,29,30,35)/t17-,18?/m1/s1. The van der Waals surface area contributed by atoms with E-state index in [1.165, 1.54) is 24.3 Å². The van der Waals surface area contributed by atoms with Crippen molar-refractivity contribution in [1.82, 2.24) is 10.1 Å². The van der Waals surface area contributed by atoms with Crippen LogP contribution in [0, 0.1) is 0 Å². The molecule has 4 rings (SSSR count). The Labute approximate surface area is 215 Å². The van der Waals surface area contributed by atoms with Crippen LogP contribution >= 0.6 is 10.2 Å². The molecule has 0 saturated carbocycles. The number of nitrogens with zero attached hydrogens (tertiary/aromatic N) is 2. The molecule has 2 amide bonds. The maximum Gasteiger partial charge on any atom is 0.439 e. The molecule has 11 nitrogen and oxygen atoms in total. The van der Waals surface area contributed by atoms with Gasteiger partial charge in [0.25, 0.3) is 11.8 Å². The van der Waals surface area contributed by atoms with Gasteiger partial charge in [-0.2, -0.15) is 0 Å². The lowest BCUT2D eigenvalue weighted by molar-refractivity contribution is -0.167. The molecule has 0 radical (unpaired) electrons. The molecule has 17 heteroatoms. The Hall–Kier alpha value is -4.25. The molecule has 1 saturated heterocycles. The highest BCUT2D eigenvalue weighted by molar-refractivity contribution is 8.45. The van der Waals surface area contributed by atoms with Crippen LogP contribution < -0.4 is 16.0 Å². The molecule has 0 spiro atoms. The maximum absolute atomic E-state index is 13.1. The molecule has 1 aliphatic heterocycles. The summed E-state index contributed by atoms with van der Waals surface area (Å²) >= 11 is 0. The van der Waals surface area contributed by atoms with Gasteiger partial charge in [-0.1, -0.05) is 24.6 Å². The SMILES string of the molecule is CC(=O)O[C@@H](C(=O)Nc1ccc(-c2noc(=O)[nH]2)cc1)C1OCCN(c2ccc(S(F)(F)(F)(F)F)cc2)C1=O. The summed E-state index contributed by atoms with van der Waals surface area (Å²) in [7, 11) is -9.92. The zero-order chi connectivity index (χ0) is 28.7. The van der Waals surface area contributed by atoms with Gasteiger partial charge < -0.3 is 19.7 Å². The molecule has 2 aromatic carbocycles. The first-order valence-electron chi connectivity index (χ1n) is 10.9. The third-order valence-electron chi connectivity index (χ3n) is 5.41. The van der Waals surface area contributed by atoms with Crippen molar-refractivity contribution in [2.75, 3.05) is 23.4 Å². The van der Waals surface area contributed by atoms with Gasteiger partial charge in [0.15, 0.2) is 11.9 Å². The van der Waals surface area contributed by atoms with Gasteiger partial charge in [0, 0.05) is 30.4 Å². The van der Waals surface area contributed by atoms with E-state index in [2.05, 4.69) is 20.0 Å². The number of rotatable bonds is 7. The number of amides is 2. The quantitative estimate of drug-likeness (QED) is 0.317. The highest BCUT2D eigenvalue weighted by Gasteiger charge is 2.65. The number of hydrogen-bond donors (Lipinski definition) is 2. The molecular formula is C22H19F5N4O7S. The second-order valence-corrected chi connectivity index (χ2v) is 10.7. The molecule has 0 bridgehead atoms. The molecule has 0 aliphatic carbocycles. The topological polar surface area (TPSA) is 144 Å². The normalized spacial score (nSPS) is 18.6. The minimum absolute atomic E-state index is 0.130. The molecule has 2 heterocycles. The van der Waals surface area contributed by atoms with Crippen LogP contribution in [0.3, 0.4) is 0 Å². The number of carbonyl (C=O) groups is 3. The number of benzene rings is 2.